The Balaban J connectivity index is 1.43. The Morgan fingerprint density at radius 1 is 1.22 bits per heavy atom. The number of hydrogen-bond acceptors (Lipinski definition) is 5. The molecule has 2 aromatic rings. The Labute approximate surface area is 157 Å². The molecule has 0 bridgehead atoms. The van der Waals surface area contributed by atoms with Gasteiger partial charge in [-0.05, 0) is 44.1 Å². The van der Waals surface area contributed by atoms with Crippen molar-refractivity contribution >= 4 is 11.8 Å². The molecule has 1 aliphatic carbocycles. The maximum atomic E-state index is 12.7. The number of hydrogen-bond donors (Lipinski definition) is 1. The van der Waals surface area contributed by atoms with Gasteiger partial charge in [0.25, 0.3) is 11.8 Å². The van der Waals surface area contributed by atoms with Crippen molar-refractivity contribution in [3.05, 3.63) is 29.3 Å². The molecule has 2 amide bonds. The van der Waals surface area contributed by atoms with E-state index >= 15 is 0 Å². The first-order valence-corrected chi connectivity index (χ1v) is 9.37. The van der Waals surface area contributed by atoms with Crippen molar-refractivity contribution in [2.45, 2.75) is 38.6 Å². The van der Waals surface area contributed by atoms with Crippen molar-refractivity contribution in [2.75, 3.05) is 20.1 Å². The van der Waals surface area contributed by atoms with E-state index in [2.05, 4.69) is 20.7 Å². The van der Waals surface area contributed by atoms with Crippen LogP contribution in [0, 0.1) is 12.3 Å². The average Bonchev–Trinajstić information content (AvgIpc) is 3.27. The summed E-state index contributed by atoms with van der Waals surface area (Å²) in [6.07, 6.45) is 5.76. The molecule has 1 N–H and O–H groups in total. The third-order valence-electron chi connectivity index (χ3n) is 6.29. The Bertz CT molecular complexity index is 857. The van der Waals surface area contributed by atoms with Gasteiger partial charge < -0.3 is 10.2 Å². The Morgan fingerprint density at radius 3 is 2.52 bits per heavy atom. The monoisotopic (exact) mass is 371 g/mol. The SMILES string of the molecule is CNC(=O)c1cn(C2CCC23CCN(C(=O)c2cc(C)n(C)n2)CC3)nn1. The van der Waals surface area contributed by atoms with Crippen molar-refractivity contribution in [2.24, 2.45) is 12.5 Å². The second kappa shape index (κ2) is 6.47. The van der Waals surface area contributed by atoms with Crippen LogP contribution >= 0.6 is 0 Å². The minimum Gasteiger partial charge on any atom is -0.354 e. The van der Waals surface area contributed by atoms with Crippen molar-refractivity contribution in [3.8, 4) is 0 Å². The fourth-order valence-corrected chi connectivity index (χ4v) is 4.32. The molecule has 9 heteroatoms. The summed E-state index contributed by atoms with van der Waals surface area (Å²) in [5, 5.41) is 15.1. The third kappa shape index (κ3) is 2.90. The lowest BCUT2D eigenvalue weighted by Crippen LogP contribution is -2.51. The predicted molar refractivity (Wildman–Crippen MR) is 97.2 cm³/mol. The number of nitrogens with one attached hydrogen (secondary N) is 1. The first-order chi connectivity index (χ1) is 12.9. The van der Waals surface area contributed by atoms with Gasteiger partial charge in [-0.1, -0.05) is 5.21 Å². The van der Waals surface area contributed by atoms with Gasteiger partial charge in [-0.2, -0.15) is 5.10 Å². The number of aryl methyl sites for hydroxylation is 2. The molecule has 1 saturated heterocycles. The highest BCUT2D eigenvalue weighted by Gasteiger charge is 2.50. The van der Waals surface area contributed by atoms with Crippen LogP contribution in [0.2, 0.25) is 0 Å². The fourth-order valence-electron chi connectivity index (χ4n) is 4.32. The van der Waals surface area contributed by atoms with Crippen LogP contribution in [0.25, 0.3) is 0 Å². The molecule has 1 atom stereocenters. The standard InChI is InChI=1S/C18H25N7O2/c1-12-10-13(21-23(12)3)17(27)24-8-6-18(7-9-24)5-4-15(18)25-11-14(20-22-25)16(26)19-2/h10-11,15H,4-9H2,1-3H3,(H,19,26). The molecule has 4 rings (SSSR count). The van der Waals surface area contributed by atoms with Gasteiger partial charge in [0.05, 0.1) is 12.2 Å². The van der Waals surface area contributed by atoms with Crippen LogP contribution in [0.1, 0.15) is 58.4 Å². The van der Waals surface area contributed by atoms with E-state index < -0.39 is 0 Å². The lowest BCUT2D eigenvalue weighted by molar-refractivity contribution is -0.0269. The first-order valence-electron chi connectivity index (χ1n) is 9.37. The van der Waals surface area contributed by atoms with E-state index in [0.717, 1.165) is 44.5 Å². The number of likely N-dealkylation sites (tertiary alicyclic amines) is 1. The Hall–Kier alpha value is -2.71. The second-order valence-corrected chi connectivity index (χ2v) is 7.67. The zero-order valence-electron chi connectivity index (χ0n) is 16.0. The average molecular weight is 371 g/mol. The van der Waals surface area contributed by atoms with E-state index in [9.17, 15) is 9.59 Å². The van der Waals surface area contributed by atoms with Crippen LogP contribution in [0.3, 0.4) is 0 Å². The highest BCUT2D eigenvalue weighted by Crippen LogP contribution is 2.56. The van der Waals surface area contributed by atoms with Gasteiger partial charge in [-0.25, -0.2) is 4.68 Å². The van der Waals surface area contributed by atoms with Gasteiger partial charge in [0, 0.05) is 32.9 Å². The molecule has 1 spiro atoms. The van der Waals surface area contributed by atoms with Gasteiger partial charge in [0.2, 0.25) is 0 Å². The lowest BCUT2D eigenvalue weighted by Gasteiger charge is -2.53. The zero-order chi connectivity index (χ0) is 19.2. The van der Waals surface area contributed by atoms with Crippen molar-refractivity contribution in [3.63, 3.8) is 0 Å². The topological polar surface area (TPSA) is 97.9 Å². The quantitative estimate of drug-likeness (QED) is 0.866. The van der Waals surface area contributed by atoms with Crippen LogP contribution in [-0.4, -0.2) is 61.6 Å². The van der Waals surface area contributed by atoms with Crippen molar-refractivity contribution < 1.29 is 9.59 Å². The number of aromatic nitrogens is 5. The van der Waals surface area contributed by atoms with Crippen LogP contribution in [-0.2, 0) is 7.05 Å². The first kappa shape index (κ1) is 17.7. The van der Waals surface area contributed by atoms with E-state index in [1.165, 1.54) is 0 Å². The Morgan fingerprint density at radius 2 is 1.96 bits per heavy atom. The highest BCUT2D eigenvalue weighted by atomic mass is 16.2. The molecule has 1 aliphatic heterocycles. The minimum atomic E-state index is -0.222. The number of rotatable bonds is 3. The number of carbonyl (C=O) groups is 2. The van der Waals surface area contributed by atoms with Gasteiger partial charge >= 0.3 is 0 Å². The lowest BCUT2D eigenvalue weighted by atomic mass is 9.59. The number of carbonyl (C=O) groups excluding carboxylic acids is 2. The minimum absolute atomic E-state index is 0.00656. The summed E-state index contributed by atoms with van der Waals surface area (Å²) < 4.78 is 3.57. The largest absolute Gasteiger partial charge is 0.354 e. The molecular formula is C18H25N7O2. The summed E-state index contributed by atoms with van der Waals surface area (Å²) in [7, 11) is 3.43. The van der Waals surface area contributed by atoms with Crippen molar-refractivity contribution in [1.29, 1.82) is 0 Å². The molecule has 27 heavy (non-hydrogen) atoms. The molecule has 0 radical (unpaired) electrons. The summed E-state index contributed by atoms with van der Waals surface area (Å²) in [5.41, 5.74) is 1.98. The molecule has 1 unspecified atom stereocenters. The maximum Gasteiger partial charge on any atom is 0.274 e. The molecule has 1 saturated carbocycles. The van der Waals surface area contributed by atoms with Crippen molar-refractivity contribution in [1.82, 2.24) is 35.0 Å². The third-order valence-corrected chi connectivity index (χ3v) is 6.29. The molecular weight excluding hydrogens is 346 g/mol. The van der Waals surface area contributed by atoms with Crippen LogP contribution < -0.4 is 5.32 Å². The maximum absolute atomic E-state index is 12.7. The molecule has 144 valence electrons. The summed E-state index contributed by atoms with van der Waals surface area (Å²) >= 11 is 0. The normalized spacial score (nSPS) is 21.1. The molecule has 2 aliphatic rings. The molecule has 2 fully saturated rings. The summed E-state index contributed by atoms with van der Waals surface area (Å²) in [6.45, 7) is 3.39. The Kier molecular flexibility index (Phi) is 4.24. The van der Waals surface area contributed by atoms with Gasteiger partial charge in [0.15, 0.2) is 11.4 Å². The van der Waals surface area contributed by atoms with E-state index in [1.54, 1.807) is 17.9 Å². The smallest absolute Gasteiger partial charge is 0.274 e. The zero-order valence-corrected chi connectivity index (χ0v) is 16.0. The van der Waals surface area contributed by atoms with Crippen LogP contribution in [0.4, 0.5) is 0 Å². The van der Waals surface area contributed by atoms with E-state index in [4.69, 9.17) is 0 Å². The summed E-state index contributed by atoms with van der Waals surface area (Å²) in [6, 6.07) is 2.09. The second-order valence-electron chi connectivity index (χ2n) is 7.67. The van der Waals surface area contributed by atoms with Gasteiger partial charge in [-0.3, -0.25) is 14.3 Å². The number of piperidine rings is 1. The molecule has 9 nitrogen and oxygen atoms in total. The van der Waals surface area contributed by atoms with Gasteiger partial charge in [-0.15, -0.1) is 5.10 Å². The summed E-state index contributed by atoms with van der Waals surface area (Å²) in [5.74, 6) is -0.215. The van der Waals surface area contributed by atoms with Crippen LogP contribution in [0.15, 0.2) is 12.3 Å². The molecule has 2 aromatic heterocycles. The highest BCUT2D eigenvalue weighted by molar-refractivity contribution is 5.92. The fraction of sp³-hybridized carbons (Fsp3) is 0.611. The number of amides is 2. The van der Waals surface area contributed by atoms with E-state index in [-0.39, 0.29) is 23.3 Å². The number of nitrogens with zero attached hydrogens (tertiary/aromatic N) is 6. The molecule has 0 aromatic carbocycles. The summed E-state index contributed by atoms with van der Waals surface area (Å²) in [4.78, 5) is 26.3. The predicted octanol–water partition coefficient (Wildman–Crippen LogP) is 0.937. The molecule has 3 heterocycles. The van der Waals surface area contributed by atoms with Crippen LogP contribution in [0.5, 0.6) is 0 Å². The van der Waals surface area contributed by atoms with E-state index in [1.807, 2.05) is 29.6 Å². The van der Waals surface area contributed by atoms with Gasteiger partial charge in [0.1, 0.15) is 0 Å². The van der Waals surface area contributed by atoms with E-state index in [0.29, 0.717) is 11.4 Å².